The third-order valence-electron chi connectivity index (χ3n) is 6.08. The zero-order valence-corrected chi connectivity index (χ0v) is 24.4. The molecule has 1 N–H and O–H groups in total. The Kier molecular flexibility index (Phi) is 8.71. The van der Waals surface area contributed by atoms with Crippen molar-refractivity contribution in [2.45, 2.75) is 25.7 Å². The van der Waals surface area contributed by atoms with Crippen LogP contribution >= 0.6 is 34.8 Å². The van der Waals surface area contributed by atoms with E-state index in [1.807, 2.05) is 36.6 Å². The maximum absolute atomic E-state index is 13.5. The van der Waals surface area contributed by atoms with Crippen LogP contribution in [0, 0.1) is 20.8 Å². The van der Waals surface area contributed by atoms with Crippen molar-refractivity contribution in [3.63, 3.8) is 0 Å². The van der Waals surface area contributed by atoms with E-state index in [1.54, 1.807) is 49.4 Å². The number of hydrogen-bond donors (Lipinski definition) is 1. The fourth-order valence-electron chi connectivity index (χ4n) is 4.21. The minimum Gasteiger partial charge on any atom is -0.316 e. The highest BCUT2D eigenvalue weighted by atomic mass is 35.5. The number of halogens is 3. The Morgan fingerprint density at radius 3 is 2.38 bits per heavy atom. The average Bonchev–Trinajstić information content (AvgIpc) is 3.17. The smallest absolute Gasteiger partial charge is 0.264 e. The fourth-order valence-corrected chi connectivity index (χ4v) is 6.33. The number of carbonyl (C=O) groups excluding carboxylic acids is 1. The molecule has 4 rings (SSSR count). The molecule has 4 aromatic rings. The number of carbonyl (C=O) groups is 1. The first-order chi connectivity index (χ1) is 18.5. The summed E-state index contributed by atoms with van der Waals surface area (Å²) >= 11 is 18.7. The van der Waals surface area contributed by atoms with E-state index in [4.69, 9.17) is 34.8 Å². The summed E-state index contributed by atoms with van der Waals surface area (Å²) in [6.45, 7) is 5.05. The molecular weight excluding hydrogens is 579 g/mol. The maximum atomic E-state index is 13.5. The average molecular weight is 604 g/mol. The van der Waals surface area contributed by atoms with E-state index in [0.717, 1.165) is 26.9 Å². The molecule has 0 bridgehead atoms. The molecule has 0 saturated carbocycles. The maximum Gasteiger partial charge on any atom is 0.264 e. The number of hydrogen-bond acceptors (Lipinski definition) is 4. The molecule has 0 aliphatic rings. The van der Waals surface area contributed by atoms with Crippen LogP contribution in [0.1, 0.15) is 22.5 Å². The number of nitrogens with zero attached hydrogens (tertiary/aromatic N) is 3. The predicted molar refractivity (Wildman–Crippen MR) is 158 cm³/mol. The van der Waals surface area contributed by atoms with Crippen molar-refractivity contribution < 1.29 is 13.2 Å². The third kappa shape index (κ3) is 6.15. The van der Waals surface area contributed by atoms with Gasteiger partial charge in [0.05, 0.1) is 32.5 Å². The minimum absolute atomic E-state index is 0.0581. The molecule has 202 valence electrons. The Labute approximate surface area is 242 Å². The summed E-state index contributed by atoms with van der Waals surface area (Å²) in [6, 6.07) is 20.0. The van der Waals surface area contributed by atoms with Gasteiger partial charge in [-0.25, -0.2) is 13.8 Å². The Balaban J connectivity index is 1.58. The molecule has 7 nitrogen and oxygen atoms in total. The molecule has 0 radical (unpaired) electrons. The Hall–Kier alpha value is -3.30. The van der Waals surface area contributed by atoms with Crippen LogP contribution in [0.3, 0.4) is 0 Å². The number of benzene rings is 3. The number of amides is 1. The number of anilines is 1. The minimum atomic E-state index is -4.06. The van der Waals surface area contributed by atoms with Crippen LogP contribution < -0.4 is 9.73 Å². The van der Waals surface area contributed by atoms with Crippen LogP contribution in [0.2, 0.25) is 15.1 Å². The molecule has 0 atom stereocenters. The van der Waals surface area contributed by atoms with E-state index in [2.05, 4.69) is 10.5 Å². The lowest BCUT2D eigenvalue weighted by atomic mass is 10.2. The Morgan fingerprint density at radius 2 is 1.69 bits per heavy atom. The van der Waals surface area contributed by atoms with Gasteiger partial charge in [-0.3, -0.25) is 9.10 Å². The van der Waals surface area contributed by atoms with Gasteiger partial charge in [0.15, 0.2) is 0 Å². The number of rotatable bonds is 8. The van der Waals surface area contributed by atoms with Gasteiger partial charge in [-0.05, 0) is 74.9 Å². The standard InChI is InChI=1S/C28H25Cl3N4O3S/c1-18-14-22(29)12-13-25(18)34(39(37,38)23-8-5-4-6-9-23)17-27(36)33-32-16-21-15-19(2)35(20(21)3)26-11-7-10-24(30)28(26)31/h4-16H,17H2,1-3H3,(H,33,36)/b32-16-. The lowest BCUT2D eigenvalue weighted by molar-refractivity contribution is -0.119. The highest BCUT2D eigenvalue weighted by Crippen LogP contribution is 2.32. The second-order valence-corrected chi connectivity index (χ2v) is 11.9. The first kappa shape index (κ1) is 28.7. The number of aromatic nitrogens is 1. The molecule has 39 heavy (non-hydrogen) atoms. The van der Waals surface area contributed by atoms with Crippen molar-refractivity contribution in [1.29, 1.82) is 0 Å². The molecule has 0 aliphatic heterocycles. The van der Waals surface area contributed by atoms with Gasteiger partial charge >= 0.3 is 0 Å². The Morgan fingerprint density at radius 1 is 0.974 bits per heavy atom. The Bertz CT molecular complexity index is 1670. The van der Waals surface area contributed by atoms with Gasteiger partial charge in [0, 0.05) is 22.0 Å². The number of aryl methyl sites for hydroxylation is 2. The van der Waals surface area contributed by atoms with E-state index < -0.39 is 22.5 Å². The van der Waals surface area contributed by atoms with Crippen molar-refractivity contribution in [2.75, 3.05) is 10.8 Å². The molecule has 1 amide bonds. The number of sulfonamides is 1. The molecule has 3 aromatic carbocycles. The lowest BCUT2D eigenvalue weighted by Crippen LogP contribution is -2.40. The third-order valence-corrected chi connectivity index (χ3v) is 8.90. The first-order valence-corrected chi connectivity index (χ1v) is 14.4. The van der Waals surface area contributed by atoms with Crippen LogP contribution in [-0.4, -0.2) is 31.7 Å². The van der Waals surface area contributed by atoms with E-state index >= 15 is 0 Å². The van der Waals surface area contributed by atoms with Crippen LogP contribution in [-0.2, 0) is 14.8 Å². The van der Waals surface area contributed by atoms with Crippen LogP contribution in [0.5, 0.6) is 0 Å². The van der Waals surface area contributed by atoms with Gasteiger partial charge in [0.1, 0.15) is 6.54 Å². The summed E-state index contributed by atoms with van der Waals surface area (Å²) in [5.74, 6) is -0.619. The molecule has 1 aromatic heterocycles. The van der Waals surface area contributed by atoms with Crippen molar-refractivity contribution in [2.24, 2.45) is 5.10 Å². The largest absolute Gasteiger partial charge is 0.316 e. The van der Waals surface area contributed by atoms with Crippen LogP contribution in [0.4, 0.5) is 5.69 Å². The molecule has 11 heteroatoms. The SMILES string of the molecule is Cc1cc(Cl)ccc1N(CC(=O)N/N=C\c1cc(C)n(-c2cccc(Cl)c2Cl)c1C)S(=O)(=O)c1ccccc1. The second kappa shape index (κ2) is 11.8. The summed E-state index contributed by atoms with van der Waals surface area (Å²) in [7, 11) is -4.06. The molecule has 0 aliphatic carbocycles. The van der Waals surface area contributed by atoms with Gasteiger partial charge in [-0.15, -0.1) is 0 Å². The zero-order valence-electron chi connectivity index (χ0n) is 21.3. The fraction of sp³-hybridized carbons (Fsp3) is 0.143. The lowest BCUT2D eigenvalue weighted by Gasteiger charge is -2.25. The van der Waals surface area contributed by atoms with Gasteiger partial charge in [0.25, 0.3) is 15.9 Å². The number of hydrazone groups is 1. The van der Waals surface area contributed by atoms with Crippen LogP contribution in [0.15, 0.2) is 82.8 Å². The van der Waals surface area contributed by atoms with Crippen molar-refractivity contribution in [3.05, 3.63) is 110 Å². The molecule has 0 saturated heterocycles. The van der Waals surface area contributed by atoms with Gasteiger partial charge in [-0.2, -0.15) is 5.10 Å². The normalized spacial score (nSPS) is 11.6. The van der Waals surface area contributed by atoms with E-state index in [1.165, 1.54) is 18.3 Å². The van der Waals surface area contributed by atoms with E-state index in [9.17, 15) is 13.2 Å². The van der Waals surface area contributed by atoms with E-state index in [0.29, 0.717) is 26.3 Å². The zero-order chi connectivity index (χ0) is 28.3. The van der Waals surface area contributed by atoms with Crippen molar-refractivity contribution >= 4 is 62.6 Å². The molecule has 0 spiro atoms. The number of nitrogens with one attached hydrogen (secondary N) is 1. The highest BCUT2D eigenvalue weighted by molar-refractivity contribution is 7.92. The van der Waals surface area contributed by atoms with E-state index in [-0.39, 0.29) is 4.90 Å². The molecular formula is C28H25Cl3N4O3S. The summed E-state index contributed by atoms with van der Waals surface area (Å²) in [5, 5.41) is 5.41. The van der Waals surface area contributed by atoms with Gasteiger partial charge in [-0.1, -0.05) is 59.1 Å². The summed E-state index contributed by atoms with van der Waals surface area (Å²) in [5.41, 5.74) is 6.57. The second-order valence-electron chi connectivity index (χ2n) is 8.78. The summed E-state index contributed by atoms with van der Waals surface area (Å²) < 4.78 is 30.0. The highest BCUT2D eigenvalue weighted by Gasteiger charge is 2.28. The first-order valence-electron chi connectivity index (χ1n) is 11.8. The summed E-state index contributed by atoms with van der Waals surface area (Å²) in [4.78, 5) is 13.0. The molecule has 0 unspecified atom stereocenters. The summed E-state index contributed by atoms with van der Waals surface area (Å²) in [6.07, 6.45) is 1.50. The van der Waals surface area contributed by atoms with Crippen LogP contribution in [0.25, 0.3) is 5.69 Å². The monoisotopic (exact) mass is 602 g/mol. The predicted octanol–water partition coefficient (Wildman–Crippen LogP) is 6.71. The molecule has 1 heterocycles. The quantitative estimate of drug-likeness (QED) is 0.180. The van der Waals surface area contributed by atoms with Crippen molar-refractivity contribution in [1.82, 2.24) is 9.99 Å². The van der Waals surface area contributed by atoms with Gasteiger partial charge in [0.2, 0.25) is 0 Å². The van der Waals surface area contributed by atoms with Gasteiger partial charge < -0.3 is 4.57 Å². The van der Waals surface area contributed by atoms with Crippen molar-refractivity contribution in [3.8, 4) is 5.69 Å². The molecule has 0 fully saturated rings. The topological polar surface area (TPSA) is 83.8 Å².